The van der Waals surface area contributed by atoms with Gasteiger partial charge >= 0.3 is 0 Å². The third-order valence-corrected chi connectivity index (χ3v) is 3.23. The van der Waals surface area contributed by atoms with Gasteiger partial charge in [-0.1, -0.05) is 18.2 Å². The van der Waals surface area contributed by atoms with Crippen molar-refractivity contribution in [2.75, 3.05) is 6.54 Å². The molecule has 1 aromatic rings. The molecule has 0 spiro atoms. The molecule has 0 bridgehead atoms. The largest absolute Gasteiger partial charge is 0.388 e. The van der Waals surface area contributed by atoms with Gasteiger partial charge in [-0.25, -0.2) is 0 Å². The Bertz CT molecular complexity index is 335. The lowest BCUT2D eigenvalue weighted by molar-refractivity contribution is 0.169. The third kappa shape index (κ3) is 2.21. The van der Waals surface area contributed by atoms with Crippen LogP contribution >= 0.6 is 0 Å². The van der Waals surface area contributed by atoms with Crippen molar-refractivity contribution in [1.29, 1.82) is 0 Å². The summed E-state index contributed by atoms with van der Waals surface area (Å²) in [6.07, 6.45) is 5.10. The van der Waals surface area contributed by atoms with E-state index in [9.17, 15) is 5.11 Å². The molecule has 1 aromatic carbocycles. The van der Waals surface area contributed by atoms with Crippen molar-refractivity contribution in [2.24, 2.45) is 5.73 Å². The molecule has 0 aromatic heterocycles. The Morgan fingerprint density at radius 3 is 2.87 bits per heavy atom. The molecule has 0 amide bonds. The number of hydrogen-bond donors (Lipinski definition) is 2. The first-order valence-electron chi connectivity index (χ1n) is 5.81. The van der Waals surface area contributed by atoms with Gasteiger partial charge in [-0.2, -0.15) is 0 Å². The molecule has 2 heteroatoms. The second-order valence-corrected chi connectivity index (χ2v) is 4.29. The molecule has 0 aliphatic heterocycles. The van der Waals surface area contributed by atoms with Crippen molar-refractivity contribution in [3.05, 3.63) is 34.9 Å². The monoisotopic (exact) mass is 205 g/mol. The van der Waals surface area contributed by atoms with Crippen LogP contribution in [0.15, 0.2) is 18.2 Å². The van der Waals surface area contributed by atoms with Crippen LogP contribution in [-0.4, -0.2) is 11.7 Å². The average molecular weight is 205 g/mol. The predicted octanol–water partition coefficient (Wildman–Crippen LogP) is 1.95. The smallest absolute Gasteiger partial charge is 0.0804 e. The molecule has 0 saturated carbocycles. The lowest BCUT2D eigenvalue weighted by Gasteiger charge is -2.22. The maximum Gasteiger partial charge on any atom is 0.0804 e. The van der Waals surface area contributed by atoms with E-state index >= 15 is 0 Å². The van der Waals surface area contributed by atoms with E-state index < -0.39 is 0 Å². The Labute approximate surface area is 91.1 Å². The molecular formula is C13H19NO. The minimum atomic E-state index is -0.372. The fourth-order valence-corrected chi connectivity index (χ4v) is 2.44. The summed E-state index contributed by atoms with van der Waals surface area (Å²) < 4.78 is 0. The molecule has 1 aliphatic rings. The van der Waals surface area contributed by atoms with E-state index in [0.29, 0.717) is 13.0 Å². The Morgan fingerprint density at radius 1 is 1.27 bits per heavy atom. The molecular weight excluding hydrogens is 186 g/mol. The van der Waals surface area contributed by atoms with Crippen LogP contribution in [0.2, 0.25) is 0 Å². The van der Waals surface area contributed by atoms with Gasteiger partial charge in [0.2, 0.25) is 0 Å². The summed E-state index contributed by atoms with van der Waals surface area (Å²) in [4.78, 5) is 0. The number of aryl methyl sites for hydroxylation is 1. The van der Waals surface area contributed by atoms with Gasteiger partial charge in [-0.3, -0.25) is 0 Å². The number of fused-ring (bicyclic) bond motifs is 1. The highest BCUT2D eigenvalue weighted by atomic mass is 16.3. The van der Waals surface area contributed by atoms with Crippen LogP contribution in [0.4, 0.5) is 0 Å². The van der Waals surface area contributed by atoms with Crippen LogP contribution in [0.25, 0.3) is 0 Å². The van der Waals surface area contributed by atoms with Gasteiger partial charge in [-0.15, -0.1) is 0 Å². The summed E-state index contributed by atoms with van der Waals surface area (Å²) in [6, 6.07) is 6.29. The van der Waals surface area contributed by atoms with Crippen LogP contribution in [0, 0.1) is 0 Å². The van der Waals surface area contributed by atoms with Crippen LogP contribution in [0.3, 0.4) is 0 Å². The Kier molecular flexibility index (Phi) is 3.39. The molecule has 0 fully saturated rings. The number of hydrogen-bond acceptors (Lipinski definition) is 2. The second kappa shape index (κ2) is 4.77. The summed E-state index contributed by atoms with van der Waals surface area (Å²) in [5.74, 6) is 0. The third-order valence-electron chi connectivity index (χ3n) is 3.23. The molecule has 0 heterocycles. The zero-order chi connectivity index (χ0) is 10.7. The minimum absolute atomic E-state index is 0.372. The summed E-state index contributed by atoms with van der Waals surface area (Å²) in [7, 11) is 0. The molecule has 0 radical (unpaired) electrons. The SMILES string of the molecule is NCCC(O)c1cccc2c1CCCC2. The first-order valence-corrected chi connectivity index (χ1v) is 5.81. The van der Waals surface area contributed by atoms with Crippen molar-refractivity contribution in [1.82, 2.24) is 0 Å². The minimum Gasteiger partial charge on any atom is -0.388 e. The lowest BCUT2D eigenvalue weighted by atomic mass is 9.86. The molecule has 0 saturated heterocycles. The van der Waals surface area contributed by atoms with Crippen LogP contribution in [0.1, 0.15) is 42.1 Å². The van der Waals surface area contributed by atoms with E-state index in [2.05, 4.69) is 12.1 Å². The van der Waals surface area contributed by atoms with E-state index in [1.807, 2.05) is 6.07 Å². The van der Waals surface area contributed by atoms with Crippen LogP contribution < -0.4 is 5.73 Å². The second-order valence-electron chi connectivity index (χ2n) is 4.29. The molecule has 15 heavy (non-hydrogen) atoms. The zero-order valence-corrected chi connectivity index (χ0v) is 9.08. The molecule has 3 N–H and O–H groups in total. The Balaban J connectivity index is 2.30. The summed E-state index contributed by atoms with van der Waals surface area (Å²) in [5.41, 5.74) is 9.40. The first kappa shape index (κ1) is 10.7. The number of aliphatic hydroxyl groups is 1. The highest BCUT2D eigenvalue weighted by molar-refractivity contribution is 5.38. The predicted molar refractivity (Wildman–Crippen MR) is 61.7 cm³/mol. The van der Waals surface area contributed by atoms with E-state index in [4.69, 9.17) is 5.73 Å². The summed E-state index contributed by atoms with van der Waals surface area (Å²) >= 11 is 0. The van der Waals surface area contributed by atoms with Gasteiger partial charge in [0.25, 0.3) is 0 Å². The molecule has 1 aliphatic carbocycles. The van der Waals surface area contributed by atoms with Gasteiger partial charge in [0.05, 0.1) is 6.10 Å². The van der Waals surface area contributed by atoms with E-state index in [1.165, 1.54) is 30.4 Å². The maximum atomic E-state index is 10.00. The fraction of sp³-hybridized carbons (Fsp3) is 0.538. The summed E-state index contributed by atoms with van der Waals surface area (Å²) in [5, 5.41) is 10.00. The van der Waals surface area contributed by atoms with Crippen LogP contribution in [-0.2, 0) is 12.8 Å². The molecule has 2 nitrogen and oxygen atoms in total. The summed E-state index contributed by atoms with van der Waals surface area (Å²) in [6.45, 7) is 0.546. The van der Waals surface area contributed by atoms with Crippen molar-refractivity contribution in [2.45, 2.75) is 38.2 Å². The van der Waals surface area contributed by atoms with Crippen molar-refractivity contribution >= 4 is 0 Å². The fourth-order valence-electron chi connectivity index (χ4n) is 2.44. The normalized spacial score (nSPS) is 17.2. The lowest BCUT2D eigenvalue weighted by Crippen LogP contribution is -2.12. The number of nitrogens with two attached hydrogens (primary N) is 1. The number of aliphatic hydroxyl groups excluding tert-OH is 1. The van der Waals surface area contributed by atoms with Gasteiger partial charge in [0, 0.05) is 0 Å². The Morgan fingerprint density at radius 2 is 2.07 bits per heavy atom. The maximum absolute atomic E-state index is 10.00. The highest BCUT2D eigenvalue weighted by Gasteiger charge is 2.16. The molecule has 1 unspecified atom stereocenters. The quantitative estimate of drug-likeness (QED) is 0.792. The van der Waals surface area contributed by atoms with E-state index in [1.54, 1.807) is 0 Å². The van der Waals surface area contributed by atoms with E-state index in [-0.39, 0.29) is 6.10 Å². The van der Waals surface area contributed by atoms with Crippen LogP contribution in [0.5, 0.6) is 0 Å². The first-order chi connectivity index (χ1) is 7.33. The standard InChI is InChI=1S/C13H19NO/c14-9-8-13(15)12-7-3-5-10-4-1-2-6-11(10)12/h3,5,7,13,15H,1-2,4,6,8-9,14H2. The molecule has 1 atom stereocenters. The number of benzene rings is 1. The van der Waals surface area contributed by atoms with Gasteiger partial charge in [0.1, 0.15) is 0 Å². The topological polar surface area (TPSA) is 46.2 Å². The zero-order valence-electron chi connectivity index (χ0n) is 9.08. The van der Waals surface area contributed by atoms with E-state index in [0.717, 1.165) is 12.0 Å². The molecule has 82 valence electrons. The van der Waals surface area contributed by atoms with Crippen molar-refractivity contribution < 1.29 is 5.11 Å². The molecule has 2 rings (SSSR count). The van der Waals surface area contributed by atoms with Crippen molar-refractivity contribution in [3.63, 3.8) is 0 Å². The number of rotatable bonds is 3. The Hall–Kier alpha value is -0.860. The highest BCUT2D eigenvalue weighted by Crippen LogP contribution is 2.29. The van der Waals surface area contributed by atoms with Crippen molar-refractivity contribution in [3.8, 4) is 0 Å². The average Bonchev–Trinajstić information content (AvgIpc) is 2.28. The van der Waals surface area contributed by atoms with Gasteiger partial charge in [0.15, 0.2) is 0 Å². The van der Waals surface area contributed by atoms with Gasteiger partial charge in [-0.05, 0) is 55.3 Å². The van der Waals surface area contributed by atoms with Gasteiger partial charge < -0.3 is 10.8 Å².